The molecule has 3 aromatic rings. The van der Waals surface area contributed by atoms with Crippen LogP contribution in [0.5, 0.6) is 0 Å². The number of hydrogen-bond donors (Lipinski definition) is 2. The Morgan fingerprint density at radius 1 is 1.09 bits per heavy atom. The number of hydrazine groups is 1. The molecule has 0 aliphatic rings. The molecule has 0 saturated heterocycles. The minimum absolute atomic E-state index is 0.0525. The fraction of sp³-hybridized carbons (Fsp3) is 0. The van der Waals surface area contributed by atoms with Gasteiger partial charge in [-0.25, -0.2) is 4.98 Å². The van der Waals surface area contributed by atoms with Crippen molar-refractivity contribution >= 4 is 34.4 Å². The first-order valence-corrected chi connectivity index (χ1v) is 6.57. The molecule has 2 heterocycles. The van der Waals surface area contributed by atoms with Crippen molar-refractivity contribution in [2.45, 2.75) is 0 Å². The van der Waals surface area contributed by atoms with Crippen LogP contribution in [0.4, 0.5) is 0 Å². The first-order valence-electron chi connectivity index (χ1n) is 6.19. The molecule has 3 rings (SSSR count). The number of amides is 2. The summed E-state index contributed by atoms with van der Waals surface area (Å²) in [6.45, 7) is 0. The molecule has 0 saturated carbocycles. The second kappa shape index (κ2) is 5.82. The van der Waals surface area contributed by atoms with Gasteiger partial charge in [0.15, 0.2) is 5.76 Å². The lowest BCUT2D eigenvalue weighted by Crippen LogP contribution is -2.41. The molecule has 7 nitrogen and oxygen atoms in total. The van der Waals surface area contributed by atoms with Crippen LogP contribution < -0.4 is 10.9 Å². The van der Waals surface area contributed by atoms with Crippen LogP contribution in [0.25, 0.3) is 11.0 Å². The van der Waals surface area contributed by atoms with E-state index in [0.717, 1.165) is 0 Å². The van der Waals surface area contributed by atoms with Crippen LogP contribution in [-0.4, -0.2) is 21.8 Å². The Bertz CT molecular complexity index is 848. The highest BCUT2D eigenvalue weighted by atomic mass is 35.5. The second-order valence-corrected chi connectivity index (χ2v) is 4.73. The molecule has 8 heteroatoms. The van der Waals surface area contributed by atoms with Gasteiger partial charge in [0.05, 0.1) is 6.20 Å². The Morgan fingerprint density at radius 3 is 2.68 bits per heavy atom. The third kappa shape index (κ3) is 2.89. The summed E-state index contributed by atoms with van der Waals surface area (Å²) in [5, 5.41) is 1.23. The second-order valence-electron chi connectivity index (χ2n) is 4.29. The number of furan rings is 1. The molecule has 2 aromatic heterocycles. The van der Waals surface area contributed by atoms with E-state index in [4.69, 9.17) is 16.0 Å². The number of nitrogens with zero attached hydrogens (tertiary/aromatic N) is 2. The van der Waals surface area contributed by atoms with Crippen molar-refractivity contribution in [2.75, 3.05) is 0 Å². The van der Waals surface area contributed by atoms with E-state index in [2.05, 4.69) is 20.8 Å². The lowest BCUT2D eigenvalue weighted by Gasteiger charge is -2.04. The van der Waals surface area contributed by atoms with Crippen LogP contribution in [0.2, 0.25) is 5.02 Å². The van der Waals surface area contributed by atoms with Gasteiger partial charge in [-0.05, 0) is 24.3 Å². The maximum absolute atomic E-state index is 11.9. The molecule has 0 bridgehead atoms. The summed E-state index contributed by atoms with van der Waals surface area (Å²) in [4.78, 5) is 31.2. The Hall–Kier alpha value is -2.93. The zero-order valence-electron chi connectivity index (χ0n) is 11.0. The molecule has 2 N–H and O–H groups in total. The molecule has 1 aromatic carbocycles. The van der Waals surface area contributed by atoms with Crippen LogP contribution in [-0.2, 0) is 0 Å². The summed E-state index contributed by atoms with van der Waals surface area (Å²) >= 11 is 5.87. The van der Waals surface area contributed by atoms with Crippen LogP contribution in [0.15, 0.2) is 47.3 Å². The van der Waals surface area contributed by atoms with E-state index in [-0.39, 0.29) is 11.5 Å². The quantitative estimate of drug-likeness (QED) is 0.704. The Labute approximate surface area is 129 Å². The average Bonchev–Trinajstić information content (AvgIpc) is 2.96. The summed E-state index contributed by atoms with van der Waals surface area (Å²) in [7, 11) is 0. The minimum atomic E-state index is -0.593. The van der Waals surface area contributed by atoms with E-state index >= 15 is 0 Å². The molecule has 0 aliphatic carbocycles. The van der Waals surface area contributed by atoms with E-state index in [1.807, 2.05) is 0 Å². The number of aromatic nitrogens is 2. The van der Waals surface area contributed by atoms with Crippen molar-refractivity contribution < 1.29 is 14.0 Å². The topological polar surface area (TPSA) is 97.1 Å². The highest BCUT2D eigenvalue weighted by Gasteiger charge is 2.14. The monoisotopic (exact) mass is 316 g/mol. The number of rotatable bonds is 2. The average molecular weight is 317 g/mol. The number of carbonyl (C=O) groups excluding carboxylic acids is 2. The van der Waals surface area contributed by atoms with Crippen molar-refractivity contribution in [2.24, 2.45) is 0 Å². The molecule has 0 radical (unpaired) electrons. The minimum Gasteiger partial charge on any atom is -0.451 e. The van der Waals surface area contributed by atoms with E-state index in [1.54, 1.807) is 18.2 Å². The van der Waals surface area contributed by atoms with E-state index in [0.29, 0.717) is 16.0 Å². The first kappa shape index (κ1) is 14.0. The van der Waals surface area contributed by atoms with Crippen LogP contribution in [0.1, 0.15) is 21.0 Å². The van der Waals surface area contributed by atoms with Gasteiger partial charge in [-0.2, -0.15) is 0 Å². The van der Waals surface area contributed by atoms with Gasteiger partial charge in [-0.15, -0.1) is 0 Å². The van der Waals surface area contributed by atoms with Crippen LogP contribution in [0.3, 0.4) is 0 Å². The van der Waals surface area contributed by atoms with Gasteiger partial charge in [0.1, 0.15) is 11.3 Å². The number of fused-ring (bicyclic) bond motifs is 1. The molecule has 0 fully saturated rings. The highest BCUT2D eigenvalue weighted by Crippen LogP contribution is 2.22. The van der Waals surface area contributed by atoms with Crippen molar-refractivity contribution in [1.29, 1.82) is 0 Å². The number of carbonyl (C=O) groups is 2. The Kier molecular flexibility index (Phi) is 3.71. The third-order valence-corrected chi connectivity index (χ3v) is 3.02. The molecule has 110 valence electrons. The zero-order chi connectivity index (χ0) is 15.5. The molecule has 0 atom stereocenters. The summed E-state index contributed by atoms with van der Waals surface area (Å²) in [5.41, 5.74) is 5.07. The first-order chi connectivity index (χ1) is 10.6. The summed E-state index contributed by atoms with van der Waals surface area (Å²) in [6, 6.07) is 6.53. The molecule has 0 spiro atoms. The third-order valence-electron chi connectivity index (χ3n) is 2.79. The Balaban J connectivity index is 1.69. The lowest BCUT2D eigenvalue weighted by molar-refractivity contribution is 0.0829. The van der Waals surface area contributed by atoms with E-state index in [9.17, 15) is 9.59 Å². The fourth-order valence-corrected chi connectivity index (χ4v) is 1.96. The van der Waals surface area contributed by atoms with E-state index < -0.39 is 11.8 Å². The van der Waals surface area contributed by atoms with Crippen molar-refractivity contribution in [3.63, 3.8) is 0 Å². The molecule has 0 unspecified atom stereocenters. The van der Waals surface area contributed by atoms with Crippen molar-refractivity contribution in [3.05, 3.63) is 59.3 Å². The summed E-state index contributed by atoms with van der Waals surface area (Å²) in [5.74, 6) is -1.12. The molecular weight excluding hydrogens is 308 g/mol. The summed E-state index contributed by atoms with van der Waals surface area (Å²) < 4.78 is 5.37. The number of hydrogen-bond acceptors (Lipinski definition) is 5. The predicted molar refractivity (Wildman–Crippen MR) is 78.2 cm³/mol. The van der Waals surface area contributed by atoms with Gasteiger partial charge >= 0.3 is 5.91 Å². The van der Waals surface area contributed by atoms with Gasteiger partial charge in [-0.3, -0.25) is 25.4 Å². The SMILES string of the molecule is O=C(NNC(=O)c1cc2cc(Cl)ccc2o1)c1cnccn1. The summed E-state index contributed by atoms with van der Waals surface area (Å²) in [6.07, 6.45) is 4.10. The maximum Gasteiger partial charge on any atom is 0.305 e. The number of halogens is 1. The molecule has 2 amide bonds. The maximum atomic E-state index is 11.9. The van der Waals surface area contributed by atoms with Crippen LogP contribution >= 0.6 is 11.6 Å². The lowest BCUT2D eigenvalue weighted by atomic mass is 10.2. The van der Waals surface area contributed by atoms with Crippen molar-refractivity contribution in [3.8, 4) is 0 Å². The largest absolute Gasteiger partial charge is 0.451 e. The van der Waals surface area contributed by atoms with Gasteiger partial charge < -0.3 is 4.42 Å². The predicted octanol–water partition coefficient (Wildman–Crippen LogP) is 1.95. The smallest absolute Gasteiger partial charge is 0.305 e. The van der Waals surface area contributed by atoms with Gasteiger partial charge in [0.2, 0.25) is 0 Å². The molecule has 22 heavy (non-hydrogen) atoms. The van der Waals surface area contributed by atoms with Gasteiger partial charge in [0, 0.05) is 22.8 Å². The number of benzene rings is 1. The standard InChI is InChI=1S/C14H9ClN4O3/c15-9-1-2-11-8(5-9)6-12(22-11)14(21)19-18-13(20)10-7-16-3-4-17-10/h1-7H,(H,18,20)(H,19,21). The van der Waals surface area contributed by atoms with Crippen LogP contribution in [0, 0.1) is 0 Å². The van der Waals surface area contributed by atoms with E-state index in [1.165, 1.54) is 24.7 Å². The molecule has 0 aliphatic heterocycles. The zero-order valence-corrected chi connectivity index (χ0v) is 11.8. The molecular formula is C14H9ClN4O3. The Morgan fingerprint density at radius 2 is 1.91 bits per heavy atom. The fourth-order valence-electron chi connectivity index (χ4n) is 1.78. The normalized spacial score (nSPS) is 10.4. The van der Waals surface area contributed by atoms with Crippen molar-refractivity contribution in [1.82, 2.24) is 20.8 Å². The van der Waals surface area contributed by atoms with Gasteiger partial charge in [0.25, 0.3) is 5.91 Å². The highest BCUT2D eigenvalue weighted by molar-refractivity contribution is 6.31. The number of nitrogens with one attached hydrogen (secondary N) is 2. The van der Waals surface area contributed by atoms with Gasteiger partial charge in [-0.1, -0.05) is 11.6 Å².